The molecule has 102 valence electrons. The molecule has 3 nitrogen and oxygen atoms in total. The number of thioether (sulfide) groups is 1. The van der Waals surface area contributed by atoms with Crippen molar-refractivity contribution in [3.8, 4) is 5.75 Å². The summed E-state index contributed by atoms with van der Waals surface area (Å²) in [4.78, 5) is 0. The predicted molar refractivity (Wildman–Crippen MR) is 82.7 cm³/mol. The Morgan fingerprint density at radius 2 is 2.11 bits per heavy atom. The SMILES string of the molecule is CCOc1cc(N)cc(NC(C)CCSCC)c1. The molecule has 0 aliphatic carbocycles. The second kappa shape index (κ2) is 8.14. The van der Waals surface area contributed by atoms with Crippen LogP contribution < -0.4 is 15.8 Å². The van der Waals surface area contributed by atoms with E-state index in [9.17, 15) is 0 Å². The summed E-state index contributed by atoms with van der Waals surface area (Å²) in [6.45, 7) is 7.02. The Kier molecular flexibility index (Phi) is 6.80. The lowest BCUT2D eigenvalue weighted by Gasteiger charge is -2.16. The van der Waals surface area contributed by atoms with E-state index in [0.29, 0.717) is 12.6 Å². The summed E-state index contributed by atoms with van der Waals surface area (Å²) in [5, 5.41) is 3.47. The summed E-state index contributed by atoms with van der Waals surface area (Å²) >= 11 is 1.97. The molecule has 3 N–H and O–H groups in total. The van der Waals surface area contributed by atoms with E-state index in [0.717, 1.165) is 23.5 Å². The Morgan fingerprint density at radius 3 is 2.78 bits per heavy atom. The first kappa shape index (κ1) is 15.0. The molecule has 0 aromatic heterocycles. The van der Waals surface area contributed by atoms with Crippen LogP contribution in [0, 0.1) is 0 Å². The minimum absolute atomic E-state index is 0.445. The highest BCUT2D eigenvalue weighted by atomic mass is 32.2. The van der Waals surface area contributed by atoms with Crippen molar-refractivity contribution in [2.45, 2.75) is 33.2 Å². The van der Waals surface area contributed by atoms with E-state index in [1.807, 2.05) is 36.9 Å². The molecular formula is C14H24N2OS. The van der Waals surface area contributed by atoms with E-state index in [4.69, 9.17) is 10.5 Å². The van der Waals surface area contributed by atoms with Gasteiger partial charge in [-0.15, -0.1) is 0 Å². The molecule has 0 fully saturated rings. The van der Waals surface area contributed by atoms with E-state index < -0.39 is 0 Å². The number of benzene rings is 1. The van der Waals surface area contributed by atoms with Gasteiger partial charge in [-0.05, 0) is 37.8 Å². The Balaban J connectivity index is 2.54. The number of nitrogens with two attached hydrogens (primary N) is 1. The number of nitrogen functional groups attached to an aromatic ring is 1. The Hall–Kier alpha value is -1.03. The summed E-state index contributed by atoms with van der Waals surface area (Å²) in [5.41, 5.74) is 7.63. The fourth-order valence-corrected chi connectivity index (χ4v) is 2.53. The second-order valence-corrected chi connectivity index (χ2v) is 5.65. The molecule has 0 heterocycles. The smallest absolute Gasteiger partial charge is 0.123 e. The zero-order valence-corrected chi connectivity index (χ0v) is 12.3. The van der Waals surface area contributed by atoms with Crippen molar-refractivity contribution in [2.24, 2.45) is 0 Å². The maximum Gasteiger partial charge on any atom is 0.123 e. The van der Waals surface area contributed by atoms with Gasteiger partial charge in [0.05, 0.1) is 6.61 Å². The third kappa shape index (κ3) is 5.54. The van der Waals surface area contributed by atoms with Crippen molar-refractivity contribution in [1.29, 1.82) is 0 Å². The van der Waals surface area contributed by atoms with E-state index in [2.05, 4.69) is 19.2 Å². The second-order valence-electron chi connectivity index (χ2n) is 4.25. The van der Waals surface area contributed by atoms with E-state index in [-0.39, 0.29) is 0 Å². The number of ether oxygens (including phenoxy) is 1. The van der Waals surface area contributed by atoms with Gasteiger partial charge >= 0.3 is 0 Å². The topological polar surface area (TPSA) is 47.3 Å². The van der Waals surface area contributed by atoms with Crippen LogP contribution in [-0.4, -0.2) is 24.2 Å². The minimum Gasteiger partial charge on any atom is -0.494 e. The Morgan fingerprint density at radius 1 is 1.33 bits per heavy atom. The van der Waals surface area contributed by atoms with Crippen LogP contribution in [-0.2, 0) is 0 Å². The van der Waals surface area contributed by atoms with Gasteiger partial charge in [-0.3, -0.25) is 0 Å². The van der Waals surface area contributed by atoms with E-state index in [1.165, 1.54) is 11.5 Å². The molecule has 0 spiro atoms. The summed E-state index contributed by atoms with van der Waals surface area (Å²) in [6.07, 6.45) is 1.15. The fourth-order valence-electron chi connectivity index (χ4n) is 1.72. The lowest BCUT2D eigenvalue weighted by Crippen LogP contribution is -2.16. The van der Waals surface area contributed by atoms with Gasteiger partial charge in [-0.25, -0.2) is 0 Å². The van der Waals surface area contributed by atoms with Gasteiger partial charge in [0, 0.05) is 29.5 Å². The third-order valence-electron chi connectivity index (χ3n) is 2.55. The normalized spacial score (nSPS) is 12.2. The molecule has 1 atom stereocenters. The van der Waals surface area contributed by atoms with Gasteiger partial charge in [-0.1, -0.05) is 6.92 Å². The lowest BCUT2D eigenvalue weighted by molar-refractivity contribution is 0.340. The molecule has 4 heteroatoms. The van der Waals surface area contributed by atoms with Crippen molar-refractivity contribution in [1.82, 2.24) is 0 Å². The summed E-state index contributed by atoms with van der Waals surface area (Å²) in [6, 6.07) is 6.25. The summed E-state index contributed by atoms with van der Waals surface area (Å²) in [7, 11) is 0. The molecule has 0 saturated heterocycles. The van der Waals surface area contributed by atoms with E-state index in [1.54, 1.807) is 0 Å². The van der Waals surface area contributed by atoms with Crippen molar-refractivity contribution < 1.29 is 4.74 Å². The van der Waals surface area contributed by atoms with Crippen LogP contribution in [0.3, 0.4) is 0 Å². The summed E-state index contributed by atoms with van der Waals surface area (Å²) < 4.78 is 5.48. The molecule has 0 aliphatic rings. The van der Waals surface area contributed by atoms with Gasteiger partial charge in [0.15, 0.2) is 0 Å². The van der Waals surface area contributed by atoms with Crippen LogP contribution in [0.2, 0.25) is 0 Å². The lowest BCUT2D eigenvalue weighted by atomic mass is 10.2. The highest BCUT2D eigenvalue weighted by molar-refractivity contribution is 7.99. The van der Waals surface area contributed by atoms with Crippen molar-refractivity contribution in [2.75, 3.05) is 29.2 Å². The van der Waals surface area contributed by atoms with E-state index >= 15 is 0 Å². The molecule has 1 aromatic carbocycles. The molecule has 0 saturated carbocycles. The number of hydrogen-bond acceptors (Lipinski definition) is 4. The maximum atomic E-state index is 5.86. The zero-order chi connectivity index (χ0) is 13.4. The molecule has 1 rings (SSSR count). The van der Waals surface area contributed by atoms with Crippen LogP contribution in [0.25, 0.3) is 0 Å². The van der Waals surface area contributed by atoms with Crippen LogP contribution >= 0.6 is 11.8 Å². The van der Waals surface area contributed by atoms with Crippen LogP contribution in [0.1, 0.15) is 27.2 Å². The highest BCUT2D eigenvalue weighted by Gasteiger charge is 2.04. The molecule has 0 radical (unpaired) electrons. The number of nitrogens with one attached hydrogen (secondary N) is 1. The quantitative estimate of drug-likeness (QED) is 0.558. The first-order valence-corrected chi connectivity index (χ1v) is 7.68. The van der Waals surface area contributed by atoms with Gasteiger partial charge in [0.1, 0.15) is 5.75 Å². The third-order valence-corrected chi connectivity index (χ3v) is 3.48. The number of rotatable bonds is 8. The zero-order valence-electron chi connectivity index (χ0n) is 11.5. The van der Waals surface area contributed by atoms with Crippen molar-refractivity contribution >= 4 is 23.1 Å². The molecule has 18 heavy (non-hydrogen) atoms. The number of anilines is 2. The predicted octanol–water partition coefficient (Wildman–Crippen LogP) is 3.61. The summed E-state index contributed by atoms with van der Waals surface area (Å²) in [5.74, 6) is 3.19. The highest BCUT2D eigenvalue weighted by Crippen LogP contribution is 2.23. The minimum atomic E-state index is 0.445. The maximum absolute atomic E-state index is 5.86. The standard InChI is InChI=1S/C14H24N2OS/c1-4-17-14-9-12(15)8-13(10-14)16-11(3)6-7-18-5-2/h8-11,16H,4-7,15H2,1-3H3. The van der Waals surface area contributed by atoms with Gasteiger partial charge < -0.3 is 15.8 Å². The molecule has 0 aliphatic heterocycles. The molecule has 1 unspecified atom stereocenters. The molecule has 0 bridgehead atoms. The van der Waals surface area contributed by atoms with Crippen molar-refractivity contribution in [3.05, 3.63) is 18.2 Å². The average molecular weight is 268 g/mol. The largest absolute Gasteiger partial charge is 0.494 e. The van der Waals surface area contributed by atoms with Crippen molar-refractivity contribution in [3.63, 3.8) is 0 Å². The Labute approximate surface area is 114 Å². The monoisotopic (exact) mass is 268 g/mol. The number of hydrogen-bond donors (Lipinski definition) is 2. The Bertz CT molecular complexity index is 358. The average Bonchev–Trinajstić information content (AvgIpc) is 2.28. The van der Waals surface area contributed by atoms with Gasteiger partial charge in [0.25, 0.3) is 0 Å². The van der Waals surface area contributed by atoms with Gasteiger partial charge in [0.2, 0.25) is 0 Å². The fraction of sp³-hybridized carbons (Fsp3) is 0.571. The molecular weight excluding hydrogens is 244 g/mol. The van der Waals surface area contributed by atoms with Crippen LogP contribution in [0.5, 0.6) is 5.75 Å². The first-order chi connectivity index (χ1) is 8.65. The van der Waals surface area contributed by atoms with Crippen LogP contribution in [0.4, 0.5) is 11.4 Å². The van der Waals surface area contributed by atoms with Gasteiger partial charge in [-0.2, -0.15) is 11.8 Å². The first-order valence-electron chi connectivity index (χ1n) is 6.53. The van der Waals surface area contributed by atoms with Crippen LogP contribution in [0.15, 0.2) is 18.2 Å². The molecule has 1 aromatic rings. The molecule has 0 amide bonds.